The van der Waals surface area contributed by atoms with Crippen LogP contribution in [0.2, 0.25) is 0 Å². The van der Waals surface area contributed by atoms with Crippen LogP contribution in [0, 0.1) is 0 Å². The summed E-state index contributed by atoms with van der Waals surface area (Å²) in [6, 6.07) is 12.2. The Morgan fingerprint density at radius 2 is 1.96 bits per heavy atom. The first kappa shape index (κ1) is 15.1. The van der Waals surface area contributed by atoms with E-state index in [1.807, 2.05) is 36.1 Å². The van der Waals surface area contributed by atoms with Crippen molar-refractivity contribution < 1.29 is 4.52 Å². The van der Waals surface area contributed by atoms with Crippen LogP contribution in [-0.2, 0) is 13.6 Å². The zero-order valence-corrected chi connectivity index (χ0v) is 13.9. The molecule has 1 saturated heterocycles. The van der Waals surface area contributed by atoms with Gasteiger partial charge in [0, 0.05) is 24.9 Å². The molecular formula is C19H22N4O. The van der Waals surface area contributed by atoms with Gasteiger partial charge in [-0.1, -0.05) is 35.5 Å². The Kier molecular flexibility index (Phi) is 4.17. The first-order chi connectivity index (χ1) is 11.8. The van der Waals surface area contributed by atoms with Crippen LogP contribution >= 0.6 is 0 Å². The molecule has 5 nitrogen and oxygen atoms in total. The number of likely N-dealkylation sites (tertiary alicyclic amines) is 1. The maximum atomic E-state index is 5.53. The highest BCUT2D eigenvalue weighted by molar-refractivity contribution is 5.58. The van der Waals surface area contributed by atoms with E-state index in [1.165, 1.54) is 18.4 Å². The van der Waals surface area contributed by atoms with Crippen molar-refractivity contribution in [3.05, 3.63) is 60.1 Å². The molecule has 1 fully saturated rings. The van der Waals surface area contributed by atoms with Crippen LogP contribution < -0.4 is 0 Å². The van der Waals surface area contributed by atoms with E-state index in [0.717, 1.165) is 36.7 Å². The predicted molar refractivity (Wildman–Crippen MR) is 92.4 cm³/mol. The van der Waals surface area contributed by atoms with Gasteiger partial charge in [-0.2, -0.15) is 5.10 Å². The van der Waals surface area contributed by atoms with E-state index in [2.05, 4.69) is 39.6 Å². The van der Waals surface area contributed by atoms with Crippen molar-refractivity contribution >= 4 is 0 Å². The summed E-state index contributed by atoms with van der Waals surface area (Å²) < 4.78 is 7.42. The van der Waals surface area contributed by atoms with Gasteiger partial charge in [0.15, 0.2) is 5.76 Å². The Bertz CT molecular complexity index is 785. The number of aromatic nitrogens is 3. The largest absolute Gasteiger partial charge is 0.359 e. The van der Waals surface area contributed by atoms with E-state index in [9.17, 15) is 0 Å². The van der Waals surface area contributed by atoms with Crippen molar-refractivity contribution in [2.75, 3.05) is 13.1 Å². The molecule has 1 aliphatic heterocycles. The molecule has 3 aromatic rings. The van der Waals surface area contributed by atoms with Gasteiger partial charge in [-0.05, 0) is 37.4 Å². The van der Waals surface area contributed by atoms with Crippen LogP contribution in [-0.4, -0.2) is 32.9 Å². The van der Waals surface area contributed by atoms with Gasteiger partial charge in [0.05, 0.1) is 12.7 Å². The lowest BCUT2D eigenvalue weighted by Crippen LogP contribution is -2.32. The van der Waals surface area contributed by atoms with Gasteiger partial charge < -0.3 is 4.52 Å². The number of hydrogen-bond acceptors (Lipinski definition) is 4. The minimum absolute atomic E-state index is 0.629. The number of aryl methyl sites for hydroxylation is 1. The smallest absolute Gasteiger partial charge is 0.151 e. The molecule has 0 atom stereocenters. The fourth-order valence-corrected chi connectivity index (χ4v) is 3.43. The topological polar surface area (TPSA) is 47.1 Å². The normalized spacial score (nSPS) is 16.5. The molecule has 2 aromatic heterocycles. The van der Waals surface area contributed by atoms with E-state index in [-0.39, 0.29) is 0 Å². The third-order valence-corrected chi connectivity index (χ3v) is 4.79. The Morgan fingerprint density at radius 3 is 2.67 bits per heavy atom. The molecule has 5 heteroatoms. The Labute approximate surface area is 141 Å². The summed E-state index contributed by atoms with van der Waals surface area (Å²) in [6.07, 6.45) is 6.49. The van der Waals surface area contributed by atoms with Crippen LogP contribution in [0.5, 0.6) is 0 Å². The first-order valence-corrected chi connectivity index (χ1v) is 8.50. The molecule has 4 rings (SSSR count). The standard InChI is InChI=1S/C19H22N4O/c1-22-13-17(12-20-22)15-7-9-23(10-8-15)14-18-11-19(21-24-18)16-5-3-2-4-6-16/h2-6,11-13,15H,7-10,14H2,1H3. The molecule has 24 heavy (non-hydrogen) atoms. The monoisotopic (exact) mass is 322 g/mol. The summed E-state index contributed by atoms with van der Waals surface area (Å²) in [7, 11) is 1.98. The van der Waals surface area contributed by atoms with Crippen LogP contribution in [0.15, 0.2) is 53.3 Å². The molecule has 0 saturated carbocycles. The second-order valence-electron chi connectivity index (χ2n) is 6.54. The van der Waals surface area contributed by atoms with Crippen LogP contribution in [0.3, 0.4) is 0 Å². The number of hydrogen-bond donors (Lipinski definition) is 0. The van der Waals surface area contributed by atoms with Gasteiger partial charge in [-0.25, -0.2) is 0 Å². The van der Waals surface area contributed by atoms with Gasteiger partial charge in [0.2, 0.25) is 0 Å². The van der Waals surface area contributed by atoms with Crippen molar-refractivity contribution in [2.24, 2.45) is 7.05 Å². The lowest BCUT2D eigenvalue weighted by Gasteiger charge is -2.30. The van der Waals surface area contributed by atoms with E-state index < -0.39 is 0 Å². The van der Waals surface area contributed by atoms with Gasteiger partial charge in [0.25, 0.3) is 0 Å². The first-order valence-electron chi connectivity index (χ1n) is 8.50. The molecule has 1 aliphatic rings. The van der Waals surface area contributed by atoms with E-state index in [4.69, 9.17) is 4.52 Å². The summed E-state index contributed by atoms with van der Waals surface area (Å²) in [5, 5.41) is 8.49. The molecule has 0 amide bonds. The molecule has 0 N–H and O–H groups in total. The highest BCUT2D eigenvalue weighted by Gasteiger charge is 2.22. The van der Waals surface area contributed by atoms with Crippen molar-refractivity contribution in [1.82, 2.24) is 19.8 Å². The highest BCUT2D eigenvalue weighted by atomic mass is 16.5. The molecule has 3 heterocycles. The predicted octanol–water partition coefficient (Wildman–Crippen LogP) is 3.45. The second-order valence-corrected chi connectivity index (χ2v) is 6.54. The second kappa shape index (κ2) is 6.61. The minimum atomic E-state index is 0.629. The molecule has 0 bridgehead atoms. The fourth-order valence-electron chi connectivity index (χ4n) is 3.43. The third kappa shape index (κ3) is 3.26. The maximum absolute atomic E-state index is 5.53. The summed E-state index contributed by atoms with van der Waals surface area (Å²) >= 11 is 0. The van der Waals surface area contributed by atoms with E-state index >= 15 is 0 Å². The molecule has 0 aliphatic carbocycles. The molecular weight excluding hydrogens is 300 g/mol. The van der Waals surface area contributed by atoms with Gasteiger partial charge in [0.1, 0.15) is 5.69 Å². The van der Waals surface area contributed by atoms with Crippen molar-refractivity contribution in [1.29, 1.82) is 0 Å². The van der Waals surface area contributed by atoms with Crippen molar-refractivity contribution in [3.63, 3.8) is 0 Å². The van der Waals surface area contributed by atoms with Crippen LogP contribution in [0.25, 0.3) is 11.3 Å². The van der Waals surface area contributed by atoms with E-state index in [0.29, 0.717) is 5.92 Å². The Hall–Kier alpha value is -2.40. The van der Waals surface area contributed by atoms with E-state index in [1.54, 1.807) is 0 Å². The summed E-state index contributed by atoms with van der Waals surface area (Å²) in [5.41, 5.74) is 3.38. The fraction of sp³-hybridized carbons (Fsp3) is 0.368. The molecule has 1 aromatic carbocycles. The van der Waals surface area contributed by atoms with Crippen molar-refractivity contribution in [3.8, 4) is 11.3 Å². The lowest BCUT2D eigenvalue weighted by molar-refractivity contribution is 0.184. The number of piperidine rings is 1. The average Bonchev–Trinajstić information content (AvgIpc) is 3.26. The highest BCUT2D eigenvalue weighted by Crippen LogP contribution is 2.28. The lowest BCUT2D eigenvalue weighted by atomic mass is 9.91. The Balaban J connectivity index is 1.35. The number of benzene rings is 1. The summed E-state index contributed by atoms with van der Waals surface area (Å²) in [5.74, 6) is 1.57. The van der Waals surface area contributed by atoms with Gasteiger partial charge in [-0.15, -0.1) is 0 Å². The third-order valence-electron chi connectivity index (χ3n) is 4.79. The van der Waals surface area contributed by atoms with Crippen molar-refractivity contribution in [2.45, 2.75) is 25.3 Å². The summed E-state index contributed by atoms with van der Waals surface area (Å²) in [4.78, 5) is 2.45. The maximum Gasteiger partial charge on any atom is 0.151 e. The van der Waals surface area contributed by atoms with Crippen LogP contribution in [0.1, 0.15) is 30.1 Å². The number of nitrogens with zero attached hydrogens (tertiary/aromatic N) is 4. The molecule has 124 valence electrons. The molecule has 0 spiro atoms. The summed E-state index contributed by atoms with van der Waals surface area (Å²) in [6.45, 7) is 3.00. The molecule has 0 radical (unpaired) electrons. The number of rotatable bonds is 4. The van der Waals surface area contributed by atoms with Gasteiger partial charge in [-0.3, -0.25) is 9.58 Å². The SMILES string of the molecule is Cn1cc(C2CCN(Cc3cc(-c4ccccc4)no3)CC2)cn1. The minimum Gasteiger partial charge on any atom is -0.359 e. The molecule has 0 unspecified atom stereocenters. The quantitative estimate of drug-likeness (QED) is 0.738. The zero-order valence-electron chi connectivity index (χ0n) is 13.9. The van der Waals surface area contributed by atoms with Crippen LogP contribution in [0.4, 0.5) is 0 Å². The Morgan fingerprint density at radius 1 is 1.17 bits per heavy atom. The average molecular weight is 322 g/mol. The van der Waals surface area contributed by atoms with Gasteiger partial charge >= 0.3 is 0 Å². The zero-order chi connectivity index (χ0) is 16.4.